The van der Waals surface area contributed by atoms with Gasteiger partial charge in [-0.05, 0) is 30.7 Å². The maximum atomic E-state index is 12.5. The van der Waals surface area contributed by atoms with Gasteiger partial charge in [-0.15, -0.1) is 0 Å². The lowest BCUT2D eigenvalue weighted by Crippen LogP contribution is -2.62. The standard InChI is InChI=1S/C15H20N2O5S/c1-21-8-12-13(11-6-7-22-14(11)12)17-23(19,20)10-4-2-9(3-5-10)15(16)18/h2-5,11-14,17H,6-8H2,1H3,(H2,16,18)/t11-,12+,13-,14-/m0/s1. The number of nitrogens with one attached hydrogen (secondary N) is 1. The fourth-order valence-corrected chi connectivity index (χ4v) is 4.78. The summed E-state index contributed by atoms with van der Waals surface area (Å²) in [4.78, 5) is 11.2. The Morgan fingerprint density at radius 1 is 1.39 bits per heavy atom. The average Bonchev–Trinajstić information content (AvgIpc) is 2.95. The fraction of sp³-hybridized carbons (Fsp3) is 0.533. The highest BCUT2D eigenvalue weighted by atomic mass is 32.2. The molecule has 0 unspecified atom stereocenters. The zero-order valence-corrected chi connectivity index (χ0v) is 13.6. The number of hydrogen-bond donors (Lipinski definition) is 2. The van der Waals surface area contributed by atoms with Gasteiger partial charge in [0.25, 0.3) is 0 Å². The molecule has 7 nitrogen and oxygen atoms in total. The highest BCUT2D eigenvalue weighted by Gasteiger charge is 2.54. The van der Waals surface area contributed by atoms with Crippen LogP contribution in [0.5, 0.6) is 0 Å². The minimum absolute atomic E-state index is 0.0205. The second-order valence-electron chi connectivity index (χ2n) is 5.94. The largest absolute Gasteiger partial charge is 0.384 e. The number of carbonyl (C=O) groups excluding carboxylic acids is 1. The molecule has 3 N–H and O–H groups in total. The van der Waals surface area contributed by atoms with E-state index in [1.165, 1.54) is 24.3 Å². The third-order valence-corrected chi connectivity index (χ3v) is 6.10. The van der Waals surface area contributed by atoms with E-state index in [1.807, 2.05) is 0 Å². The minimum Gasteiger partial charge on any atom is -0.384 e. The number of carbonyl (C=O) groups is 1. The van der Waals surface area contributed by atoms with Crippen molar-refractivity contribution < 1.29 is 22.7 Å². The molecule has 0 aromatic heterocycles. The van der Waals surface area contributed by atoms with Gasteiger partial charge in [-0.3, -0.25) is 4.79 Å². The third-order valence-electron chi connectivity index (χ3n) is 4.63. The van der Waals surface area contributed by atoms with Crippen LogP contribution in [0.15, 0.2) is 29.2 Å². The number of methoxy groups -OCH3 is 1. The van der Waals surface area contributed by atoms with Crippen LogP contribution in [0.4, 0.5) is 0 Å². The smallest absolute Gasteiger partial charge is 0.248 e. The number of rotatable bonds is 6. The lowest BCUT2D eigenvalue weighted by Gasteiger charge is -2.47. The molecule has 23 heavy (non-hydrogen) atoms. The van der Waals surface area contributed by atoms with Crippen molar-refractivity contribution in [1.29, 1.82) is 0 Å². The predicted molar refractivity (Wildman–Crippen MR) is 82.3 cm³/mol. The number of sulfonamides is 1. The molecule has 2 fully saturated rings. The van der Waals surface area contributed by atoms with Crippen molar-refractivity contribution in [2.24, 2.45) is 17.6 Å². The van der Waals surface area contributed by atoms with Gasteiger partial charge in [0.1, 0.15) is 0 Å². The fourth-order valence-electron chi connectivity index (χ4n) is 3.44. The Labute approximate surface area is 135 Å². The van der Waals surface area contributed by atoms with E-state index in [1.54, 1.807) is 7.11 Å². The summed E-state index contributed by atoms with van der Waals surface area (Å²) in [5.74, 6) is -0.381. The van der Waals surface area contributed by atoms with Crippen molar-refractivity contribution in [3.63, 3.8) is 0 Å². The summed E-state index contributed by atoms with van der Waals surface area (Å²) < 4.78 is 38.7. The molecule has 1 amide bonds. The van der Waals surface area contributed by atoms with Crippen molar-refractivity contribution in [2.75, 3.05) is 20.3 Å². The van der Waals surface area contributed by atoms with E-state index in [0.717, 1.165) is 6.42 Å². The van der Waals surface area contributed by atoms with Gasteiger partial charge < -0.3 is 15.2 Å². The molecule has 0 bridgehead atoms. The first-order valence-corrected chi connectivity index (χ1v) is 8.95. The summed E-state index contributed by atoms with van der Waals surface area (Å²) in [7, 11) is -2.07. The van der Waals surface area contributed by atoms with Crippen molar-refractivity contribution in [1.82, 2.24) is 4.72 Å². The number of ether oxygens (including phenoxy) is 2. The quantitative estimate of drug-likeness (QED) is 0.764. The zero-order chi connectivity index (χ0) is 16.6. The molecular formula is C15H20N2O5S. The van der Waals surface area contributed by atoms with Crippen LogP contribution in [0.25, 0.3) is 0 Å². The van der Waals surface area contributed by atoms with Crippen LogP contribution in [0.3, 0.4) is 0 Å². The molecule has 0 radical (unpaired) electrons. The summed E-state index contributed by atoms with van der Waals surface area (Å²) >= 11 is 0. The maximum Gasteiger partial charge on any atom is 0.248 e. The molecular weight excluding hydrogens is 320 g/mol. The zero-order valence-electron chi connectivity index (χ0n) is 12.8. The van der Waals surface area contributed by atoms with Gasteiger partial charge in [-0.2, -0.15) is 0 Å². The summed E-state index contributed by atoms with van der Waals surface area (Å²) in [6.07, 6.45) is 0.915. The Balaban J connectivity index is 1.76. The second-order valence-corrected chi connectivity index (χ2v) is 7.66. The normalized spacial score (nSPS) is 29.8. The Morgan fingerprint density at radius 3 is 2.70 bits per heavy atom. The SMILES string of the molecule is COC[C@@H]1[C@@H](NS(=O)(=O)c2ccc(C(N)=O)cc2)[C@@H]2CCO[C@H]12. The topological polar surface area (TPSA) is 108 Å². The Hall–Kier alpha value is -1.48. The Morgan fingerprint density at radius 2 is 2.09 bits per heavy atom. The summed E-state index contributed by atoms with van der Waals surface area (Å²) in [6.45, 7) is 1.11. The predicted octanol–water partition coefficient (Wildman–Crippen LogP) is 0.114. The number of hydrogen-bond acceptors (Lipinski definition) is 5. The molecule has 2 aliphatic rings. The van der Waals surface area contributed by atoms with Crippen LogP contribution in [0.2, 0.25) is 0 Å². The molecule has 126 valence electrons. The summed E-state index contributed by atoms with van der Waals surface area (Å²) in [5, 5.41) is 0. The number of amides is 1. The number of nitrogens with two attached hydrogens (primary N) is 1. The van der Waals surface area contributed by atoms with Gasteiger partial charge in [0.15, 0.2) is 0 Å². The van der Waals surface area contributed by atoms with Gasteiger partial charge in [0.2, 0.25) is 15.9 Å². The van der Waals surface area contributed by atoms with E-state index in [4.69, 9.17) is 15.2 Å². The lowest BCUT2D eigenvalue weighted by atomic mass is 9.68. The van der Waals surface area contributed by atoms with Crippen molar-refractivity contribution in [2.45, 2.75) is 23.5 Å². The second kappa shape index (κ2) is 6.20. The maximum absolute atomic E-state index is 12.5. The van der Waals surface area contributed by atoms with Gasteiger partial charge in [-0.25, -0.2) is 13.1 Å². The number of primary amides is 1. The molecule has 1 saturated carbocycles. The van der Waals surface area contributed by atoms with Crippen molar-refractivity contribution in [3.05, 3.63) is 29.8 Å². The number of fused-ring (bicyclic) bond motifs is 1. The lowest BCUT2D eigenvalue weighted by molar-refractivity contribution is -0.0775. The Kier molecular flexibility index (Phi) is 4.41. The van der Waals surface area contributed by atoms with E-state index < -0.39 is 15.9 Å². The van der Waals surface area contributed by atoms with E-state index >= 15 is 0 Å². The van der Waals surface area contributed by atoms with Crippen molar-refractivity contribution >= 4 is 15.9 Å². The van der Waals surface area contributed by atoms with Crippen LogP contribution in [0.1, 0.15) is 16.8 Å². The van der Waals surface area contributed by atoms with Crippen molar-refractivity contribution in [3.8, 4) is 0 Å². The Bertz CT molecular complexity index is 688. The molecule has 1 heterocycles. The van der Waals surface area contributed by atoms with E-state index in [0.29, 0.717) is 13.2 Å². The minimum atomic E-state index is -3.67. The molecule has 1 aromatic rings. The highest BCUT2D eigenvalue weighted by Crippen LogP contribution is 2.44. The summed E-state index contributed by atoms with van der Waals surface area (Å²) in [5.41, 5.74) is 5.43. The van der Waals surface area contributed by atoms with Gasteiger partial charge in [0.05, 0.1) is 17.6 Å². The van der Waals surface area contributed by atoms with Gasteiger partial charge >= 0.3 is 0 Å². The monoisotopic (exact) mass is 340 g/mol. The van der Waals surface area contributed by atoms with Crippen LogP contribution in [0, 0.1) is 11.8 Å². The first-order valence-electron chi connectivity index (χ1n) is 7.47. The van der Waals surface area contributed by atoms with E-state index in [9.17, 15) is 13.2 Å². The molecule has 8 heteroatoms. The summed E-state index contributed by atoms with van der Waals surface area (Å²) in [6, 6.07) is 5.39. The molecule has 1 aromatic carbocycles. The van der Waals surface area contributed by atoms with E-state index in [2.05, 4.69) is 4.72 Å². The molecule has 4 atom stereocenters. The highest BCUT2D eigenvalue weighted by molar-refractivity contribution is 7.89. The van der Waals surface area contributed by atoms with Crippen LogP contribution in [-0.4, -0.2) is 46.8 Å². The molecule has 1 saturated heterocycles. The van der Waals surface area contributed by atoms with E-state index in [-0.39, 0.29) is 34.4 Å². The van der Waals surface area contributed by atoms with Crippen LogP contribution in [-0.2, 0) is 19.5 Å². The van der Waals surface area contributed by atoms with Crippen LogP contribution >= 0.6 is 0 Å². The van der Waals surface area contributed by atoms with Gasteiger partial charge in [0, 0.05) is 37.2 Å². The average molecular weight is 340 g/mol. The molecule has 1 aliphatic heterocycles. The molecule has 1 aliphatic carbocycles. The number of benzene rings is 1. The van der Waals surface area contributed by atoms with Crippen LogP contribution < -0.4 is 10.5 Å². The first-order chi connectivity index (χ1) is 10.9. The molecule has 3 rings (SSSR count). The third kappa shape index (κ3) is 2.99. The molecule has 0 spiro atoms. The first kappa shape index (κ1) is 16.4. The van der Waals surface area contributed by atoms with Gasteiger partial charge in [-0.1, -0.05) is 0 Å².